The van der Waals surface area contributed by atoms with E-state index in [0.717, 1.165) is 35.3 Å². The van der Waals surface area contributed by atoms with Crippen molar-refractivity contribution in [1.82, 2.24) is 9.97 Å². The summed E-state index contributed by atoms with van der Waals surface area (Å²) in [5, 5.41) is 3.08. The number of rotatable bonds is 6. The van der Waals surface area contributed by atoms with Crippen LogP contribution < -0.4 is 10.9 Å². The van der Waals surface area contributed by atoms with Gasteiger partial charge in [-0.05, 0) is 49.7 Å². The smallest absolute Gasteiger partial charge is 0.260 e. The van der Waals surface area contributed by atoms with Gasteiger partial charge in [-0.2, -0.15) is 0 Å². The molecule has 0 fully saturated rings. The molecular formula is C22H28N3OS+. The second-order valence-electron chi connectivity index (χ2n) is 8.12. The van der Waals surface area contributed by atoms with Gasteiger partial charge in [0.15, 0.2) is 5.82 Å². The first-order valence-corrected chi connectivity index (χ1v) is 10.8. The van der Waals surface area contributed by atoms with Gasteiger partial charge >= 0.3 is 0 Å². The zero-order chi connectivity index (χ0) is 19.0. The minimum atomic E-state index is 0.0356. The largest absolute Gasteiger partial charge is 0.334 e. The molecule has 1 aliphatic carbocycles. The Hall–Kier alpha value is -1.98. The lowest BCUT2D eigenvalue weighted by molar-refractivity contribution is -0.708. The summed E-state index contributed by atoms with van der Waals surface area (Å²) < 4.78 is 0. The van der Waals surface area contributed by atoms with Crippen LogP contribution in [0.15, 0.2) is 29.1 Å². The molecule has 0 bridgehead atoms. The van der Waals surface area contributed by atoms with Gasteiger partial charge in [-0.1, -0.05) is 38.1 Å². The number of benzene rings is 1. The zero-order valence-electron chi connectivity index (χ0n) is 16.3. The van der Waals surface area contributed by atoms with Gasteiger partial charge in [0.1, 0.15) is 17.4 Å². The van der Waals surface area contributed by atoms with Crippen LogP contribution in [0.1, 0.15) is 60.6 Å². The highest BCUT2D eigenvalue weighted by atomic mass is 32.1. The van der Waals surface area contributed by atoms with E-state index in [4.69, 9.17) is 4.98 Å². The van der Waals surface area contributed by atoms with E-state index in [0.29, 0.717) is 18.5 Å². The van der Waals surface area contributed by atoms with Crippen LogP contribution in [0.3, 0.4) is 0 Å². The summed E-state index contributed by atoms with van der Waals surface area (Å²) in [5.74, 6) is 1.45. The monoisotopic (exact) mass is 382 g/mol. The third kappa shape index (κ3) is 3.85. The van der Waals surface area contributed by atoms with E-state index in [9.17, 15) is 4.79 Å². The molecule has 3 N–H and O–H groups in total. The van der Waals surface area contributed by atoms with Crippen LogP contribution in [0, 0.1) is 5.92 Å². The number of nitrogens with zero attached hydrogens (tertiary/aromatic N) is 1. The van der Waals surface area contributed by atoms with Crippen LogP contribution in [0.5, 0.6) is 0 Å². The number of thiophene rings is 1. The number of hydrogen-bond acceptors (Lipinski definition) is 3. The van der Waals surface area contributed by atoms with Crippen LogP contribution in [0.4, 0.5) is 0 Å². The van der Waals surface area contributed by atoms with E-state index < -0.39 is 0 Å². The lowest BCUT2D eigenvalue weighted by Crippen LogP contribution is -2.83. The van der Waals surface area contributed by atoms with Crippen molar-refractivity contribution in [3.63, 3.8) is 0 Å². The number of nitrogens with two attached hydrogens (primary N) is 1. The third-order valence-electron chi connectivity index (χ3n) is 5.44. The van der Waals surface area contributed by atoms with Crippen molar-refractivity contribution < 1.29 is 5.32 Å². The van der Waals surface area contributed by atoms with Crippen molar-refractivity contribution in [2.75, 3.05) is 0 Å². The summed E-state index contributed by atoms with van der Waals surface area (Å²) in [4.78, 5) is 22.6. The van der Waals surface area contributed by atoms with Crippen molar-refractivity contribution in [2.45, 2.75) is 59.0 Å². The van der Waals surface area contributed by atoms with Gasteiger partial charge in [-0.25, -0.2) is 4.98 Å². The molecule has 2 heterocycles. The average molecular weight is 383 g/mol. The van der Waals surface area contributed by atoms with E-state index in [-0.39, 0.29) is 5.56 Å². The van der Waals surface area contributed by atoms with Crippen molar-refractivity contribution in [3.8, 4) is 0 Å². The first-order chi connectivity index (χ1) is 13.0. The highest BCUT2D eigenvalue weighted by Crippen LogP contribution is 2.34. The zero-order valence-corrected chi connectivity index (χ0v) is 17.2. The summed E-state index contributed by atoms with van der Waals surface area (Å²) in [6, 6.07) is 9.25. The molecule has 0 radical (unpaired) electrons. The van der Waals surface area contributed by atoms with Crippen molar-refractivity contribution >= 4 is 21.6 Å². The Morgan fingerprint density at radius 3 is 2.70 bits per heavy atom. The number of quaternary nitrogens is 1. The molecular weight excluding hydrogens is 354 g/mol. The maximum atomic E-state index is 12.6. The van der Waals surface area contributed by atoms with E-state index >= 15 is 0 Å². The third-order valence-corrected chi connectivity index (χ3v) is 6.62. The molecule has 0 saturated carbocycles. The molecule has 4 nitrogen and oxygen atoms in total. The first-order valence-electron chi connectivity index (χ1n) is 9.97. The van der Waals surface area contributed by atoms with Crippen molar-refractivity contribution in [1.29, 1.82) is 0 Å². The summed E-state index contributed by atoms with van der Waals surface area (Å²) >= 11 is 1.71. The lowest BCUT2D eigenvalue weighted by Gasteiger charge is -2.12. The maximum Gasteiger partial charge on any atom is 0.260 e. The molecule has 0 unspecified atom stereocenters. The Labute approximate surface area is 164 Å². The quantitative estimate of drug-likeness (QED) is 0.685. The first kappa shape index (κ1) is 18.4. The number of aromatic amines is 1. The number of fused-ring (bicyclic) bond motifs is 3. The van der Waals surface area contributed by atoms with E-state index in [1.54, 1.807) is 11.3 Å². The van der Waals surface area contributed by atoms with Gasteiger partial charge in [0.05, 0.1) is 5.39 Å². The Morgan fingerprint density at radius 1 is 1.19 bits per heavy atom. The van der Waals surface area contributed by atoms with E-state index in [1.807, 2.05) is 0 Å². The topological polar surface area (TPSA) is 62.4 Å². The molecule has 5 heteroatoms. The standard InChI is InChI=1S/C22H27N3OS/c1-13(2)11-15-7-9-16(10-8-15)14(3)23-12-19-24-21(26)20-17-5-4-6-18(17)27-22(20)25-19/h7-10,13-14,23H,4-6,11-12H2,1-3H3,(H,24,25,26)/p+1/t14-/m1/s1. The second kappa shape index (κ2) is 7.56. The fourth-order valence-electron chi connectivity index (χ4n) is 4.00. The fourth-order valence-corrected chi connectivity index (χ4v) is 5.28. The molecule has 142 valence electrons. The van der Waals surface area contributed by atoms with Crippen molar-refractivity contribution in [2.24, 2.45) is 5.92 Å². The molecule has 0 spiro atoms. The number of aromatic nitrogens is 2. The Bertz CT molecular complexity index is 1000. The molecule has 4 rings (SSSR count). The lowest BCUT2D eigenvalue weighted by atomic mass is 10.00. The average Bonchev–Trinajstić information content (AvgIpc) is 3.20. The summed E-state index contributed by atoms with van der Waals surface area (Å²) in [6.07, 6.45) is 4.41. The highest BCUT2D eigenvalue weighted by Gasteiger charge is 2.21. The van der Waals surface area contributed by atoms with Gasteiger partial charge < -0.3 is 10.3 Å². The van der Waals surface area contributed by atoms with Crippen LogP contribution in [-0.4, -0.2) is 9.97 Å². The van der Waals surface area contributed by atoms with E-state index in [2.05, 4.69) is 55.3 Å². The van der Waals surface area contributed by atoms with Crippen LogP contribution in [-0.2, 0) is 25.8 Å². The molecule has 1 aromatic carbocycles. The molecule has 0 amide bonds. The molecule has 1 atom stereocenters. The van der Waals surface area contributed by atoms with Crippen LogP contribution >= 0.6 is 11.3 Å². The minimum Gasteiger partial charge on any atom is -0.334 e. The summed E-state index contributed by atoms with van der Waals surface area (Å²) in [5.41, 5.74) is 3.98. The predicted molar refractivity (Wildman–Crippen MR) is 111 cm³/mol. The molecule has 1 aliphatic rings. The fraction of sp³-hybridized carbons (Fsp3) is 0.455. The number of H-pyrrole nitrogens is 1. The molecule has 27 heavy (non-hydrogen) atoms. The Balaban J connectivity index is 1.46. The maximum absolute atomic E-state index is 12.6. The van der Waals surface area contributed by atoms with Gasteiger partial charge in [0.25, 0.3) is 5.56 Å². The summed E-state index contributed by atoms with van der Waals surface area (Å²) in [6.45, 7) is 7.38. The molecule has 2 aromatic heterocycles. The van der Waals surface area contributed by atoms with Gasteiger partial charge in [-0.3, -0.25) is 4.79 Å². The summed E-state index contributed by atoms with van der Waals surface area (Å²) in [7, 11) is 0. The Morgan fingerprint density at radius 2 is 1.96 bits per heavy atom. The number of aryl methyl sites for hydroxylation is 2. The number of nitrogens with one attached hydrogen (secondary N) is 1. The second-order valence-corrected chi connectivity index (χ2v) is 9.20. The highest BCUT2D eigenvalue weighted by molar-refractivity contribution is 7.18. The van der Waals surface area contributed by atoms with Crippen LogP contribution in [0.25, 0.3) is 10.2 Å². The van der Waals surface area contributed by atoms with Crippen LogP contribution in [0.2, 0.25) is 0 Å². The minimum absolute atomic E-state index is 0.0356. The van der Waals surface area contributed by atoms with Gasteiger partial charge in [-0.15, -0.1) is 11.3 Å². The molecule has 3 aromatic rings. The molecule has 0 saturated heterocycles. The van der Waals surface area contributed by atoms with E-state index in [1.165, 1.54) is 28.0 Å². The normalized spacial score (nSPS) is 14.8. The molecule has 0 aliphatic heterocycles. The van der Waals surface area contributed by atoms with Gasteiger partial charge in [0, 0.05) is 10.4 Å². The Kier molecular flexibility index (Phi) is 5.15. The number of hydrogen-bond donors (Lipinski definition) is 2. The predicted octanol–water partition coefficient (Wildman–Crippen LogP) is 3.50. The van der Waals surface area contributed by atoms with Gasteiger partial charge in [0.2, 0.25) is 0 Å². The SMILES string of the molecule is CC(C)Cc1ccc([C@@H](C)[NH2+]Cc2nc3sc4c(c3c(=O)[nH]2)CCC4)cc1. The van der Waals surface area contributed by atoms with Crippen molar-refractivity contribution in [3.05, 3.63) is 62.0 Å².